The van der Waals surface area contributed by atoms with Crippen molar-refractivity contribution in [3.05, 3.63) is 60.2 Å². The van der Waals surface area contributed by atoms with Crippen LogP contribution < -0.4 is 9.47 Å². The molecular formula is C18H22O4. The van der Waals surface area contributed by atoms with Gasteiger partial charge in [-0.2, -0.15) is 0 Å². The lowest BCUT2D eigenvalue weighted by atomic mass is 10.1. The summed E-state index contributed by atoms with van der Waals surface area (Å²) in [4.78, 5) is 0. The molecule has 0 bridgehead atoms. The van der Waals surface area contributed by atoms with Crippen molar-refractivity contribution >= 4 is 0 Å². The lowest BCUT2D eigenvalue weighted by Crippen LogP contribution is -2.16. The van der Waals surface area contributed by atoms with Crippen molar-refractivity contribution in [2.45, 2.75) is 6.10 Å². The predicted molar refractivity (Wildman–Crippen MR) is 85.5 cm³/mol. The van der Waals surface area contributed by atoms with E-state index in [9.17, 15) is 0 Å². The van der Waals surface area contributed by atoms with Crippen LogP contribution in [0.1, 0.15) is 11.7 Å². The summed E-state index contributed by atoms with van der Waals surface area (Å²) in [7, 11) is 3.31. The van der Waals surface area contributed by atoms with Crippen molar-refractivity contribution in [2.24, 2.45) is 0 Å². The SMILES string of the molecule is COCCOC(COc1ccccc1)c1ccc(OC)cc1. The van der Waals surface area contributed by atoms with Crippen molar-refractivity contribution in [3.8, 4) is 11.5 Å². The molecule has 2 aromatic rings. The molecule has 0 N–H and O–H groups in total. The Morgan fingerprint density at radius 1 is 0.818 bits per heavy atom. The van der Waals surface area contributed by atoms with E-state index in [0.29, 0.717) is 19.8 Å². The summed E-state index contributed by atoms with van der Waals surface area (Å²) in [6.07, 6.45) is -0.152. The zero-order chi connectivity index (χ0) is 15.6. The molecule has 2 rings (SSSR count). The summed E-state index contributed by atoms with van der Waals surface area (Å²) in [6.45, 7) is 1.52. The van der Waals surface area contributed by atoms with Crippen LogP contribution in [0.2, 0.25) is 0 Å². The Kier molecular flexibility index (Phi) is 6.74. The maximum Gasteiger partial charge on any atom is 0.119 e. The minimum atomic E-state index is -0.152. The van der Waals surface area contributed by atoms with Crippen LogP contribution in [0.3, 0.4) is 0 Å². The minimum Gasteiger partial charge on any atom is -0.497 e. The number of para-hydroxylation sites is 1. The van der Waals surface area contributed by atoms with E-state index in [-0.39, 0.29) is 6.10 Å². The molecule has 0 aliphatic rings. The number of hydrogen-bond acceptors (Lipinski definition) is 4. The van der Waals surface area contributed by atoms with E-state index in [2.05, 4.69) is 0 Å². The third-order valence-corrected chi connectivity index (χ3v) is 3.24. The van der Waals surface area contributed by atoms with Gasteiger partial charge >= 0.3 is 0 Å². The molecule has 118 valence electrons. The highest BCUT2D eigenvalue weighted by atomic mass is 16.5. The molecule has 4 heteroatoms. The van der Waals surface area contributed by atoms with Gasteiger partial charge in [0.1, 0.15) is 24.2 Å². The third-order valence-electron chi connectivity index (χ3n) is 3.24. The molecule has 0 heterocycles. The molecule has 0 spiro atoms. The van der Waals surface area contributed by atoms with Crippen LogP contribution in [0.25, 0.3) is 0 Å². The molecule has 1 atom stereocenters. The van der Waals surface area contributed by atoms with Crippen LogP contribution in [-0.2, 0) is 9.47 Å². The standard InChI is InChI=1S/C18H22O4/c1-19-12-13-21-18(14-22-17-6-4-3-5-7-17)15-8-10-16(20-2)11-9-15/h3-11,18H,12-14H2,1-2H3. The number of benzene rings is 2. The summed E-state index contributed by atoms with van der Waals surface area (Å²) in [6, 6.07) is 17.5. The van der Waals surface area contributed by atoms with Crippen molar-refractivity contribution in [1.29, 1.82) is 0 Å². The number of ether oxygens (including phenoxy) is 4. The molecule has 0 radical (unpaired) electrons. The Balaban J connectivity index is 2.00. The molecule has 0 amide bonds. The zero-order valence-electron chi connectivity index (χ0n) is 13.0. The molecule has 0 saturated carbocycles. The largest absolute Gasteiger partial charge is 0.497 e. The van der Waals surface area contributed by atoms with Crippen molar-refractivity contribution in [2.75, 3.05) is 34.0 Å². The van der Waals surface area contributed by atoms with Crippen molar-refractivity contribution in [3.63, 3.8) is 0 Å². The van der Waals surface area contributed by atoms with E-state index < -0.39 is 0 Å². The van der Waals surface area contributed by atoms with E-state index in [4.69, 9.17) is 18.9 Å². The Hall–Kier alpha value is -2.04. The van der Waals surface area contributed by atoms with Crippen LogP contribution in [0.5, 0.6) is 11.5 Å². The average molecular weight is 302 g/mol. The fourth-order valence-electron chi connectivity index (χ4n) is 2.02. The smallest absolute Gasteiger partial charge is 0.119 e. The first-order valence-electron chi connectivity index (χ1n) is 7.26. The van der Waals surface area contributed by atoms with Crippen LogP contribution in [0.4, 0.5) is 0 Å². The molecule has 1 unspecified atom stereocenters. The Labute approximate surface area is 131 Å². The lowest BCUT2D eigenvalue weighted by Gasteiger charge is -2.19. The van der Waals surface area contributed by atoms with Crippen molar-refractivity contribution in [1.82, 2.24) is 0 Å². The van der Waals surface area contributed by atoms with Gasteiger partial charge in [0.05, 0.1) is 20.3 Å². The van der Waals surface area contributed by atoms with Gasteiger partial charge in [-0.15, -0.1) is 0 Å². The molecule has 0 aliphatic heterocycles. The van der Waals surface area contributed by atoms with Crippen LogP contribution in [-0.4, -0.2) is 34.0 Å². The first-order chi connectivity index (χ1) is 10.8. The van der Waals surface area contributed by atoms with Gasteiger partial charge in [0, 0.05) is 7.11 Å². The van der Waals surface area contributed by atoms with E-state index in [0.717, 1.165) is 17.1 Å². The second kappa shape index (κ2) is 9.07. The Morgan fingerprint density at radius 3 is 2.18 bits per heavy atom. The fraction of sp³-hybridized carbons (Fsp3) is 0.333. The number of hydrogen-bond donors (Lipinski definition) is 0. The van der Waals surface area contributed by atoms with Crippen LogP contribution >= 0.6 is 0 Å². The van der Waals surface area contributed by atoms with Gasteiger partial charge in [0.2, 0.25) is 0 Å². The topological polar surface area (TPSA) is 36.9 Å². The van der Waals surface area contributed by atoms with E-state index >= 15 is 0 Å². The zero-order valence-corrected chi connectivity index (χ0v) is 13.0. The fourth-order valence-corrected chi connectivity index (χ4v) is 2.02. The normalized spacial score (nSPS) is 11.9. The van der Waals surface area contributed by atoms with Gasteiger partial charge < -0.3 is 18.9 Å². The maximum atomic E-state index is 5.87. The van der Waals surface area contributed by atoms with Crippen molar-refractivity contribution < 1.29 is 18.9 Å². The van der Waals surface area contributed by atoms with Gasteiger partial charge in [-0.05, 0) is 29.8 Å². The Bertz CT molecular complexity index is 525. The maximum absolute atomic E-state index is 5.87. The second-order valence-corrected chi connectivity index (χ2v) is 4.75. The van der Waals surface area contributed by atoms with Gasteiger partial charge in [-0.25, -0.2) is 0 Å². The average Bonchev–Trinajstić information content (AvgIpc) is 2.59. The molecule has 0 aliphatic carbocycles. The second-order valence-electron chi connectivity index (χ2n) is 4.75. The molecule has 22 heavy (non-hydrogen) atoms. The molecular weight excluding hydrogens is 280 g/mol. The molecule has 4 nitrogen and oxygen atoms in total. The molecule has 2 aromatic carbocycles. The predicted octanol–water partition coefficient (Wildman–Crippen LogP) is 3.48. The summed E-state index contributed by atoms with van der Waals surface area (Å²) < 4.78 is 21.9. The van der Waals surface area contributed by atoms with Crippen LogP contribution in [0.15, 0.2) is 54.6 Å². The van der Waals surface area contributed by atoms with Crippen LogP contribution in [0, 0.1) is 0 Å². The summed E-state index contributed by atoms with van der Waals surface area (Å²) in [5.41, 5.74) is 1.05. The lowest BCUT2D eigenvalue weighted by molar-refractivity contribution is -0.00678. The molecule has 0 saturated heterocycles. The van der Waals surface area contributed by atoms with Gasteiger partial charge in [0.25, 0.3) is 0 Å². The van der Waals surface area contributed by atoms with Gasteiger partial charge in [0.15, 0.2) is 0 Å². The van der Waals surface area contributed by atoms with E-state index in [1.165, 1.54) is 0 Å². The number of rotatable bonds is 9. The highest BCUT2D eigenvalue weighted by molar-refractivity contribution is 5.29. The van der Waals surface area contributed by atoms with E-state index in [1.807, 2.05) is 54.6 Å². The summed E-state index contributed by atoms with van der Waals surface area (Å²) >= 11 is 0. The van der Waals surface area contributed by atoms with Gasteiger partial charge in [-0.3, -0.25) is 0 Å². The quantitative estimate of drug-likeness (QED) is 0.665. The Morgan fingerprint density at radius 2 is 1.55 bits per heavy atom. The first kappa shape index (κ1) is 16.3. The highest BCUT2D eigenvalue weighted by Crippen LogP contribution is 2.22. The monoisotopic (exact) mass is 302 g/mol. The highest BCUT2D eigenvalue weighted by Gasteiger charge is 2.13. The number of methoxy groups -OCH3 is 2. The molecule has 0 fully saturated rings. The summed E-state index contributed by atoms with van der Waals surface area (Å²) in [5.74, 6) is 1.65. The third kappa shape index (κ3) is 5.06. The summed E-state index contributed by atoms with van der Waals surface area (Å²) in [5, 5.41) is 0. The van der Waals surface area contributed by atoms with Gasteiger partial charge in [-0.1, -0.05) is 30.3 Å². The molecule has 0 aromatic heterocycles. The minimum absolute atomic E-state index is 0.152. The first-order valence-corrected chi connectivity index (χ1v) is 7.26. The van der Waals surface area contributed by atoms with E-state index in [1.54, 1.807) is 14.2 Å².